The van der Waals surface area contributed by atoms with Crippen LogP contribution in [-0.4, -0.2) is 43.9 Å². The molecular formula is C18H28N4O2. The van der Waals surface area contributed by atoms with Gasteiger partial charge in [-0.15, -0.1) is 0 Å². The van der Waals surface area contributed by atoms with E-state index in [0.717, 1.165) is 24.4 Å². The highest BCUT2D eigenvalue weighted by Crippen LogP contribution is 2.57. The SMILES string of the molecule is CCOC1CC(NC(=O)NCc2ccnc(N(C)C)c2)C12CCC2. The van der Waals surface area contributed by atoms with Crippen molar-refractivity contribution in [3.05, 3.63) is 23.9 Å². The number of hydrogen-bond donors (Lipinski definition) is 2. The van der Waals surface area contributed by atoms with Crippen molar-refractivity contribution < 1.29 is 9.53 Å². The summed E-state index contributed by atoms with van der Waals surface area (Å²) >= 11 is 0. The predicted molar refractivity (Wildman–Crippen MR) is 94.0 cm³/mol. The van der Waals surface area contributed by atoms with Gasteiger partial charge >= 0.3 is 6.03 Å². The molecule has 2 aliphatic rings. The lowest BCUT2D eigenvalue weighted by Gasteiger charge is -2.60. The van der Waals surface area contributed by atoms with Crippen LogP contribution in [0.5, 0.6) is 0 Å². The van der Waals surface area contributed by atoms with Gasteiger partial charge in [0, 0.05) is 44.9 Å². The number of urea groups is 1. The van der Waals surface area contributed by atoms with Gasteiger partial charge in [-0.2, -0.15) is 0 Å². The van der Waals surface area contributed by atoms with Crippen LogP contribution in [0.1, 0.15) is 38.2 Å². The van der Waals surface area contributed by atoms with Crippen molar-refractivity contribution in [3.8, 4) is 0 Å². The van der Waals surface area contributed by atoms with Crippen LogP contribution in [0.15, 0.2) is 18.3 Å². The van der Waals surface area contributed by atoms with Crippen LogP contribution in [0, 0.1) is 5.41 Å². The molecule has 2 amide bonds. The molecule has 6 heteroatoms. The van der Waals surface area contributed by atoms with E-state index in [-0.39, 0.29) is 17.5 Å². The number of pyridine rings is 1. The van der Waals surface area contributed by atoms with E-state index < -0.39 is 0 Å². The highest BCUT2D eigenvalue weighted by molar-refractivity contribution is 5.74. The first-order chi connectivity index (χ1) is 11.5. The van der Waals surface area contributed by atoms with Gasteiger partial charge in [-0.25, -0.2) is 9.78 Å². The lowest BCUT2D eigenvalue weighted by molar-refractivity contribution is -0.169. The first-order valence-electron chi connectivity index (χ1n) is 8.83. The van der Waals surface area contributed by atoms with Crippen molar-refractivity contribution in [2.45, 2.75) is 51.3 Å². The number of aromatic nitrogens is 1. The van der Waals surface area contributed by atoms with Crippen molar-refractivity contribution in [2.24, 2.45) is 5.41 Å². The van der Waals surface area contributed by atoms with Gasteiger partial charge < -0.3 is 20.3 Å². The highest BCUT2D eigenvalue weighted by Gasteiger charge is 2.59. The fourth-order valence-corrected chi connectivity index (χ4v) is 3.85. The summed E-state index contributed by atoms with van der Waals surface area (Å²) in [7, 11) is 3.91. The van der Waals surface area contributed by atoms with Crippen molar-refractivity contribution in [3.63, 3.8) is 0 Å². The van der Waals surface area contributed by atoms with Crippen LogP contribution in [0.4, 0.5) is 10.6 Å². The molecule has 1 spiro atoms. The summed E-state index contributed by atoms with van der Waals surface area (Å²) in [4.78, 5) is 18.5. The van der Waals surface area contributed by atoms with Gasteiger partial charge in [0.25, 0.3) is 0 Å². The van der Waals surface area contributed by atoms with Crippen LogP contribution < -0.4 is 15.5 Å². The summed E-state index contributed by atoms with van der Waals surface area (Å²) < 4.78 is 5.83. The molecule has 1 aromatic heterocycles. The molecule has 132 valence electrons. The molecule has 24 heavy (non-hydrogen) atoms. The summed E-state index contributed by atoms with van der Waals surface area (Å²) in [5.74, 6) is 0.890. The zero-order chi connectivity index (χ0) is 17.2. The number of anilines is 1. The third-order valence-corrected chi connectivity index (χ3v) is 5.46. The van der Waals surface area contributed by atoms with Crippen LogP contribution >= 0.6 is 0 Å². The Kier molecular flexibility index (Phi) is 4.94. The Hall–Kier alpha value is -1.82. The second-order valence-electron chi connectivity index (χ2n) is 7.06. The van der Waals surface area contributed by atoms with E-state index in [4.69, 9.17) is 4.74 Å². The van der Waals surface area contributed by atoms with Gasteiger partial charge in [-0.05, 0) is 43.9 Å². The molecule has 3 rings (SSSR count). The Labute approximate surface area is 144 Å². The molecule has 6 nitrogen and oxygen atoms in total. The molecule has 2 N–H and O–H groups in total. The molecule has 1 heterocycles. The second-order valence-corrected chi connectivity index (χ2v) is 7.06. The maximum Gasteiger partial charge on any atom is 0.315 e. The Morgan fingerprint density at radius 1 is 1.46 bits per heavy atom. The number of carbonyl (C=O) groups is 1. The molecular weight excluding hydrogens is 304 g/mol. The lowest BCUT2D eigenvalue weighted by atomic mass is 9.51. The first kappa shape index (κ1) is 17.0. The van der Waals surface area contributed by atoms with Gasteiger partial charge in [0.05, 0.1) is 6.10 Å². The average Bonchev–Trinajstić information content (AvgIpc) is 2.50. The maximum atomic E-state index is 12.2. The monoisotopic (exact) mass is 332 g/mol. The summed E-state index contributed by atoms with van der Waals surface area (Å²) in [6, 6.07) is 4.07. The van der Waals surface area contributed by atoms with Crippen LogP contribution in [0.2, 0.25) is 0 Å². The van der Waals surface area contributed by atoms with Gasteiger partial charge in [-0.1, -0.05) is 6.42 Å². The number of nitrogens with one attached hydrogen (secondary N) is 2. The molecule has 2 aliphatic carbocycles. The van der Waals surface area contributed by atoms with E-state index in [1.54, 1.807) is 6.20 Å². The third-order valence-electron chi connectivity index (χ3n) is 5.46. The lowest BCUT2D eigenvalue weighted by Crippen LogP contribution is -2.68. The summed E-state index contributed by atoms with van der Waals surface area (Å²) in [5, 5.41) is 6.11. The Bertz CT molecular complexity index is 586. The number of rotatable bonds is 6. The largest absolute Gasteiger partial charge is 0.378 e. The first-order valence-corrected chi connectivity index (χ1v) is 8.83. The van der Waals surface area contributed by atoms with E-state index in [2.05, 4.69) is 15.6 Å². The Morgan fingerprint density at radius 3 is 2.88 bits per heavy atom. The van der Waals surface area contributed by atoms with Crippen molar-refractivity contribution in [2.75, 3.05) is 25.6 Å². The minimum Gasteiger partial charge on any atom is -0.378 e. The smallest absolute Gasteiger partial charge is 0.315 e. The summed E-state index contributed by atoms with van der Waals surface area (Å²) in [6.45, 7) is 3.29. The van der Waals surface area contributed by atoms with E-state index >= 15 is 0 Å². The van der Waals surface area contributed by atoms with Gasteiger partial charge in [0.1, 0.15) is 5.82 Å². The molecule has 2 fully saturated rings. The topological polar surface area (TPSA) is 66.5 Å². The molecule has 0 bridgehead atoms. The fourth-order valence-electron chi connectivity index (χ4n) is 3.85. The fraction of sp³-hybridized carbons (Fsp3) is 0.667. The quantitative estimate of drug-likeness (QED) is 0.839. The number of hydrogen-bond acceptors (Lipinski definition) is 4. The van der Waals surface area contributed by atoms with E-state index in [0.29, 0.717) is 12.6 Å². The van der Waals surface area contributed by atoms with Crippen LogP contribution in [-0.2, 0) is 11.3 Å². The predicted octanol–water partition coefficient (Wildman–Crippen LogP) is 2.29. The van der Waals surface area contributed by atoms with Crippen LogP contribution in [0.3, 0.4) is 0 Å². The third kappa shape index (κ3) is 3.20. The highest BCUT2D eigenvalue weighted by atomic mass is 16.5. The number of amides is 2. The maximum absolute atomic E-state index is 12.2. The zero-order valence-corrected chi connectivity index (χ0v) is 14.8. The molecule has 0 saturated heterocycles. The van der Waals surface area contributed by atoms with E-state index in [1.807, 2.05) is 38.1 Å². The van der Waals surface area contributed by atoms with Gasteiger partial charge in [0.15, 0.2) is 0 Å². The average molecular weight is 332 g/mol. The summed E-state index contributed by atoms with van der Waals surface area (Å²) in [5.41, 5.74) is 1.24. The normalized spacial score (nSPS) is 24.0. The molecule has 2 atom stereocenters. The van der Waals surface area contributed by atoms with Crippen molar-refractivity contribution >= 4 is 11.8 Å². The molecule has 1 aromatic rings. The minimum atomic E-state index is -0.0931. The van der Waals surface area contributed by atoms with Crippen molar-refractivity contribution in [1.82, 2.24) is 15.6 Å². The van der Waals surface area contributed by atoms with Gasteiger partial charge in [0.2, 0.25) is 0 Å². The molecule has 2 unspecified atom stereocenters. The molecule has 0 radical (unpaired) electrons. The zero-order valence-electron chi connectivity index (χ0n) is 14.8. The molecule has 0 aromatic carbocycles. The molecule has 2 saturated carbocycles. The minimum absolute atomic E-state index is 0.0931. The summed E-state index contributed by atoms with van der Waals surface area (Å²) in [6.07, 6.45) is 6.60. The standard InChI is InChI=1S/C18H28N4O2/c1-4-24-15-11-14(18(15)7-5-8-18)21-17(23)20-12-13-6-9-19-16(10-13)22(2)3/h6,9-10,14-15H,4-5,7-8,11-12H2,1-3H3,(H2,20,21,23). The molecule has 0 aliphatic heterocycles. The number of nitrogens with zero attached hydrogens (tertiary/aromatic N) is 2. The number of ether oxygens (including phenoxy) is 1. The second kappa shape index (κ2) is 6.97. The Morgan fingerprint density at radius 2 is 2.25 bits per heavy atom. The van der Waals surface area contributed by atoms with Crippen molar-refractivity contribution in [1.29, 1.82) is 0 Å². The van der Waals surface area contributed by atoms with Crippen LogP contribution in [0.25, 0.3) is 0 Å². The van der Waals surface area contributed by atoms with Gasteiger partial charge in [-0.3, -0.25) is 0 Å². The Balaban J connectivity index is 1.49. The number of carbonyl (C=O) groups excluding carboxylic acids is 1. The van der Waals surface area contributed by atoms with E-state index in [1.165, 1.54) is 19.3 Å². The van der Waals surface area contributed by atoms with E-state index in [9.17, 15) is 4.79 Å².